The van der Waals surface area contributed by atoms with Gasteiger partial charge in [-0.05, 0) is 47.3 Å². The van der Waals surface area contributed by atoms with E-state index in [1.54, 1.807) is 0 Å². The van der Waals surface area contributed by atoms with Crippen LogP contribution in [-0.4, -0.2) is 6.54 Å². The van der Waals surface area contributed by atoms with Crippen LogP contribution in [0.1, 0.15) is 64.5 Å². The Morgan fingerprint density at radius 1 is 1.24 bits per heavy atom. The molecule has 1 nitrogen and oxygen atoms in total. The molecule has 0 amide bonds. The van der Waals surface area contributed by atoms with E-state index in [0.717, 1.165) is 25.8 Å². The molecule has 0 heterocycles. The lowest BCUT2D eigenvalue weighted by Crippen LogP contribution is -2.29. The summed E-state index contributed by atoms with van der Waals surface area (Å²) < 4.78 is 15.2. The van der Waals surface area contributed by atoms with Crippen molar-refractivity contribution in [2.24, 2.45) is 5.92 Å². The Morgan fingerprint density at radius 3 is 2.52 bits per heavy atom. The van der Waals surface area contributed by atoms with Crippen LogP contribution >= 0.6 is 27.5 Å². The molecule has 0 fully saturated rings. The third kappa shape index (κ3) is 5.22. The number of nitrogens with one attached hydrogen (secondary N) is 1. The minimum atomic E-state index is -0.297. The summed E-state index contributed by atoms with van der Waals surface area (Å²) in [5.41, 5.74) is 0.694. The van der Waals surface area contributed by atoms with Gasteiger partial charge in [-0.1, -0.05) is 57.7 Å². The van der Waals surface area contributed by atoms with E-state index in [4.69, 9.17) is 11.6 Å². The zero-order chi connectivity index (χ0) is 15.8. The highest BCUT2D eigenvalue weighted by Crippen LogP contribution is 2.35. The predicted molar refractivity (Wildman–Crippen MR) is 93.5 cm³/mol. The molecule has 1 aromatic rings. The van der Waals surface area contributed by atoms with Crippen LogP contribution in [0.2, 0.25) is 5.02 Å². The summed E-state index contributed by atoms with van der Waals surface area (Å²) in [5.74, 6) is 0.137. The van der Waals surface area contributed by atoms with Crippen LogP contribution in [0.3, 0.4) is 0 Å². The van der Waals surface area contributed by atoms with Crippen LogP contribution in [-0.2, 0) is 0 Å². The summed E-state index contributed by atoms with van der Waals surface area (Å²) in [6.07, 6.45) is 5.53. The van der Waals surface area contributed by atoms with Gasteiger partial charge >= 0.3 is 0 Å². The van der Waals surface area contributed by atoms with Gasteiger partial charge in [0, 0.05) is 16.1 Å². The predicted octanol–water partition coefficient (Wildman–Crippen LogP) is 6.50. The van der Waals surface area contributed by atoms with Gasteiger partial charge in [-0.15, -0.1) is 0 Å². The first-order valence-electron chi connectivity index (χ1n) is 7.93. The maximum absolute atomic E-state index is 14.6. The average Bonchev–Trinajstić information content (AvgIpc) is 2.49. The Bertz CT molecular complexity index is 439. The third-order valence-corrected chi connectivity index (χ3v) is 5.20. The standard InChI is InChI=1S/C17H26BrClFN/c1-4-7-8-12(6-3)17(21-11-5-2)13-9-10-14(18)15(19)16(13)20/h9-10,12,17,21H,4-8,11H2,1-3H3. The van der Waals surface area contributed by atoms with Crippen molar-refractivity contribution in [1.29, 1.82) is 0 Å². The molecule has 1 rings (SSSR count). The Balaban J connectivity index is 3.08. The van der Waals surface area contributed by atoms with Crippen molar-refractivity contribution in [2.45, 2.75) is 58.9 Å². The molecule has 0 aliphatic heterocycles. The lowest BCUT2D eigenvalue weighted by atomic mass is 9.86. The molecule has 2 unspecified atom stereocenters. The lowest BCUT2D eigenvalue weighted by molar-refractivity contribution is 0.316. The first-order chi connectivity index (χ1) is 10.1. The molecule has 120 valence electrons. The number of rotatable bonds is 9. The summed E-state index contributed by atoms with van der Waals surface area (Å²) in [7, 11) is 0. The smallest absolute Gasteiger partial charge is 0.147 e. The fourth-order valence-electron chi connectivity index (χ4n) is 2.68. The number of benzene rings is 1. The summed E-state index contributed by atoms with van der Waals surface area (Å²) >= 11 is 9.35. The van der Waals surface area contributed by atoms with Gasteiger partial charge < -0.3 is 5.32 Å². The molecule has 4 heteroatoms. The molecular weight excluding hydrogens is 353 g/mol. The van der Waals surface area contributed by atoms with Crippen LogP contribution in [0.4, 0.5) is 4.39 Å². The second kappa shape index (κ2) is 9.81. The van der Waals surface area contributed by atoms with Gasteiger partial charge in [0.05, 0.1) is 5.02 Å². The average molecular weight is 379 g/mol. The number of hydrogen-bond donors (Lipinski definition) is 1. The van der Waals surface area contributed by atoms with Crippen LogP contribution in [0.25, 0.3) is 0 Å². The number of hydrogen-bond acceptors (Lipinski definition) is 1. The van der Waals surface area contributed by atoms with Crippen LogP contribution in [0, 0.1) is 11.7 Å². The van der Waals surface area contributed by atoms with Crippen LogP contribution < -0.4 is 5.32 Å². The fourth-order valence-corrected chi connectivity index (χ4v) is 3.16. The molecule has 0 bridgehead atoms. The van der Waals surface area contributed by atoms with Gasteiger partial charge in [0.15, 0.2) is 0 Å². The first kappa shape index (κ1) is 18.9. The Hall–Kier alpha value is -0.120. The molecule has 0 aliphatic carbocycles. The van der Waals surface area contributed by atoms with Gasteiger partial charge in [0.2, 0.25) is 0 Å². The molecule has 0 saturated heterocycles. The van der Waals surface area contributed by atoms with E-state index in [1.807, 2.05) is 12.1 Å². The van der Waals surface area contributed by atoms with Crippen LogP contribution in [0.5, 0.6) is 0 Å². The summed E-state index contributed by atoms with van der Waals surface area (Å²) in [5, 5.41) is 3.70. The second-order valence-electron chi connectivity index (χ2n) is 5.51. The van der Waals surface area contributed by atoms with Crippen molar-refractivity contribution in [3.63, 3.8) is 0 Å². The molecule has 0 aliphatic rings. The van der Waals surface area contributed by atoms with E-state index in [-0.39, 0.29) is 16.9 Å². The van der Waals surface area contributed by atoms with Gasteiger partial charge in [-0.25, -0.2) is 4.39 Å². The minimum Gasteiger partial charge on any atom is -0.310 e. The van der Waals surface area contributed by atoms with Crippen LogP contribution in [0.15, 0.2) is 16.6 Å². The molecule has 1 aromatic carbocycles. The highest BCUT2D eigenvalue weighted by molar-refractivity contribution is 9.10. The second-order valence-corrected chi connectivity index (χ2v) is 6.74. The van der Waals surface area contributed by atoms with E-state index in [2.05, 4.69) is 42.0 Å². The van der Waals surface area contributed by atoms with E-state index >= 15 is 0 Å². The van der Waals surface area contributed by atoms with E-state index < -0.39 is 0 Å². The Kier molecular flexibility index (Phi) is 8.84. The van der Waals surface area contributed by atoms with Crippen molar-refractivity contribution in [3.8, 4) is 0 Å². The molecule has 0 aromatic heterocycles. The fraction of sp³-hybridized carbons (Fsp3) is 0.647. The van der Waals surface area contributed by atoms with E-state index in [1.165, 1.54) is 12.8 Å². The molecule has 0 radical (unpaired) electrons. The Labute approximate surface area is 141 Å². The van der Waals surface area contributed by atoms with Gasteiger partial charge in [0.25, 0.3) is 0 Å². The topological polar surface area (TPSA) is 12.0 Å². The van der Waals surface area contributed by atoms with Gasteiger partial charge in [-0.3, -0.25) is 0 Å². The number of halogens is 3. The van der Waals surface area contributed by atoms with Crippen molar-refractivity contribution >= 4 is 27.5 Å². The summed E-state index contributed by atoms with van der Waals surface area (Å²) in [4.78, 5) is 0. The van der Waals surface area contributed by atoms with E-state index in [9.17, 15) is 4.39 Å². The van der Waals surface area contributed by atoms with Crippen molar-refractivity contribution < 1.29 is 4.39 Å². The normalized spacial score (nSPS) is 14.2. The first-order valence-corrected chi connectivity index (χ1v) is 9.10. The molecule has 0 saturated carbocycles. The molecule has 2 atom stereocenters. The zero-order valence-corrected chi connectivity index (χ0v) is 15.5. The highest BCUT2D eigenvalue weighted by atomic mass is 79.9. The summed E-state index contributed by atoms with van der Waals surface area (Å²) in [6, 6.07) is 3.73. The number of unbranched alkanes of at least 4 members (excludes halogenated alkanes) is 1. The maximum atomic E-state index is 14.6. The third-order valence-electron chi connectivity index (χ3n) is 3.94. The SMILES string of the molecule is CCCCC(CC)C(NCCC)c1ccc(Br)c(Cl)c1F. The quantitative estimate of drug-likeness (QED) is 0.484. The van der Waals surface area contributed by atoms with E-state index in [0.29, 0.717) is 16.0 Å². The van der Waals surface area contributed by atoms with Crippen molar-refractivity contribution in [2.75, 3.05) is 6.54 Å². The highest BCUT2D eigenvalue weighted by Gasteiger charge is 2.25. The van der Waals surface area contributed by atoms with Crippen molar-refractivity contribution in [3.05, 3.63) is 33.0 Å². The molecule has 0 spiro atoms. The molecule has 21 heavy (non-hydrogen) atoms. The maximum Gasteiger partial charge on any atom is 0.147 e. The minimum absolute atomic E-state index is 0.0344. The monoisotopic (exact) mass is 377 g/mol. The van der Waals surface area contributed by atoms with Crippen molar-refractivity contribution in [1.82, 2.24) is 5.32 Å². The molecular formula is C17H26BrClFN. The lowest BCUT2D eigenvalue weighted by Gasteiger charge is -2.28. The van der Waals surface area contributed by atoms with Gasteiger partial charge in [-0.2, -0.15) is 0 Å². The summed E-state index contributed by atoms with van der Waals surface area (Å²) in [6.45, 7) is 7.39. The Morgan fingerprint density at radius 2 is 1.95 bits per heavy atom. The van der Waals surface area contributed by atoms with Gasteiger partial charge in [0.1, 0.15) is 5.82 Å². The zero-order valence-electron chi connectivity index (χ0n) is 13.2. The molecule has 1 N–H and O–H groups in total. The largest absolute Gasteiger partial charge is 0.310 e.